The van der Waals surface area contributed by atoms with E-state index in [1.54, 1.807) is 6.92 Å². The molecule has 0 amide bonds. The normalized spacial score (nSPS) is 11.3. The van der Waals surface area contributed by atoms with Gasteiger partial charge in [-0.15, -0.1) is 0 Å². The van der Waals surface area contributed by atoms with E-state index < -0.39 is 0 Å². The highest BCUT2D eigenvalue weighted by atomic mass is 16.6. The number of Topliss-reactive ketones (excluding diaryl/α,β-unsaturated/α-hetero) is 1. The van der Waals surface area contributed by atoms with Gasteiger partial charge in [0.15, 0.2) is 0 Å². The van der Waals surface area contributed by atoms with E-state index in [-0.39, 0.29) is 17.8 Å². The van der Waals surface area contributed by atoms with Crippen molar-refractivity contribution >= 4 is 11.5 Å². The average molecular weight is 223 g/mol. The molecule has 90 valence electrons. The van der Waals surface area contributed by atoms with Crippen molar-refractivity contribution in [2.24, 2.45) is 11.1 Å². The number of hydrogen-bond donors (Lipinski definition) is 0. The molecule has 0 saturated heterocycles. The Balaban J connectivity index is 4.33. The zero-order valence-electron chi connectivity index (χ0n) is 10.8. The van der Waals surface area contributed by atoms with Crippen molar-refractivity contribution in [3.8, 4) is 11.8 Å². The molecule has 3 heteroatoms. The van der Waals surface area contributed by atoms with Crippen LogP contribution in [0, 0.1) is 17.8 Å². The second-order valence-electron chi connectivity index (χ2n) is 4.29. The second-order valence-corrected chi connectivity index (χ2v) is 4.29. The first-order chi connectivity index (χ1) is 7.43. The molecule has 0 aromatic heterocycles. The summed E-state index contributed by atoms with van der Waals surface area (Å²) >= 11 is 0. The van der Waals surface area contributed by atoms with Gasteiger partial charge in [-0.3, -0.25) is 4.79 Å². The van der Waals surface area contributed by atoms with E-state index in [2.05, 4.69) is 17.0 Å². The van der Waals surface area contributed by atoms with Crippen LogP contribution in [0.3, 0.4) is 0 Å². The molecule has 0 saturated carbocycles. The van der Waals surface area contributed by atoms with E-state index in [0.717, 1.165) is 5.71 Å². The van der Waals surface area contributed by atoms with Crippen LogP contribution in [0.15, 0.2) is 5.16 Å². The molecule has 0 atom stereocenters. The van der Waals surface area contributed by atoms with Crippen molar-refractivity contribution < 1.29 is 9.63 Å². The SMILES string of the molecule is CC(=O)CCC#C/C(=N\OC(C)C)C(C)C. The Morgan fingerprint density at radius 1 is 1.31 bits per heavy atom. The first-order valence-corrected chi connectivity index (χ1v) is 5.65. The molecule has 0 radical (unpaired) electrons. The molecule has 0 fully saturated rings. The van der Waals surface area contributed by atoms with Crippen LogP contribution in [0.25, 0.3) is 0 Å². The van der Waals surface area contributed by atoms with Crippen molar-refractivity contribution in [2.75, 3.05) is 0 Å². The zero-order valence-corrected chi connectivity index (χ0v) is 10.8. The predicted octanol–water partition coefficient (Wildman–Crippen LogP) is 2.80. The summed E-state index contributed by atoms with van der Waals surface area (Å²) in [6.45, 7) is 9.45. The van der Waals surface area contributed by atoms with Gasteiger partial charge in [0, 0.05) is 18.8 Å². The molecule has 0 aliphatic carbocycles. The maximum absolute atomic E-state index is 10.7. The number of carbonyl (C=O) groups excluding carboxylic acids is 1. The van der Waals surface area contributed by atoms with Crippen molar-refractivity contribution in [1.82, 2.24) is 0 Å². The lowest BCUT2D eigenvalue weighted by atomic mass is 10.1. The summed E-state index contributed by atoms with van der Waals surface area (Å²) in [4.78, 5) is 15.9. The van der Waals surface area contributed by atoms with Gasteiger partial charge in [0.25, 0.3) is 0 Å². The highest BCUT2D eigenvalue weighted by molar-refractivity contribution is 6.01. The summed E-state index contributed by atoms with van der Waals surface area (Å²) in [6.07, 6.45) is 1.15. The standard InChI is InChI=1S/C13H21NO2/c1-10(2)13(14-16-11(3)4)9-7-6-8-12(5)15/h10-11H,6,8H2,1-5H3/b14-13+. The fraction of sp³-hybridized carbons (Fsp3) is 0.692. The third-order valence-corrected chi connectivity index (χ3v) is 1.73. The maximum Gasteiger partial charge on any atom is 0.132 e. The molecule has 0 spiro atoms. The molecule has 0 N–H and O–H groups in total. The Morgan fingerprint density at radius 2 is 1.94 bits per heavy atom. The number of oxime groups is 1. The van der Waals surface area contributed by atoms with E-state index in [1.807, 2.05) is 27.7 Å². The van der Waals surface area contributed by atoms with Gasteiger partial charge in [0.2, 0.25) is 0 Å². The first-order valence-electron chi connectivity index (χ1n) is 5.65. The molecule has 0 bridgehead atoms. The molecule has 0 aliphatic heterocycles. The molecule has 0 aliphatic rings. The second kappa shape index (κ2) is 7.92. The zero-order chi connectivity index (χ0) is 12.6. The smallest absolute Gasteiger partial charge is 0.132 e. The highest BCUT2D eigenvalue weighted by Crippen LogP contribution is 1.99. The van der Waals surface area contributed by atoms with Gasteiger partial charge >= 0.3 is 0 Å². The van der Waals surface area contributed by atoms with Gasteiger partial charge in [-0.05, 0) is 26.7 Å². The molecular formula is C13H21NO2. The van der Waals surface area contributed by atoms with Gasteiger partial charge < -0.3 is 4.84 Å². The van der Waals surface area contributed by atoms with Crippen LogP contribution >= 0.6 is 0 Å². The summed E-state index contributed by atoms with van der Waals surface area (Å²) in [6, 6.07) is 0. The van der Waals surface area contributed by atoms with Crippen molar-refractivity contribution in [2.45, 2.75) is 53.6 Å². The number of ketones is 1. The quantitative estimate of drug-likeness (QED) is 0.408. The lowest BCUT2D eigenvalue weighted by Gasteiger charge is -2.05. The summed E-state index contributed by atoms with van der Waals surface area (Å²) in [7, 11) is 0. The number of carbonyl (C=O) groups is 1. The summed E-state index contributed by atoms with van der Waals surface area (Å²) in [5, 5.41) is 4.00. The van der Waals surface area contributed by atoms with Crippen LogP contribution in [0.4, 0.5) is 0 Å². The minimum Gasteiger partial charge on any atom is -0.392 e. The molecule has 0 unspecified atom stereocenters. The fourth-order valence-electron chi connectivity index (χ4n) is 0.826. The van der Waals surface area contributed by atoms with E-state index in [4.69, 9.17) is 4.84 Å². The highest BCUT2D eigenvalue weighted by Gasteiger charge is 2.03. The molecule has 0 rings (SSSR count). The summed E-state index contributed by atoms with van der Waals surface area (Å²) in [5.41, 5.74) is 0.734. The van der Waals surface area contributed by atoms with E-state index in [1.165, 1.54) is 0 Å². The molecule has 0 heterocycles. The lowest BCUT2D eigenvalue weighted by molar-refractivity contribution is -0.116. The summed E-state index contributed by atoms with van der Waals surface area (Å²) < 4.78 is 0. The summed E-state index contributed by atoms with van der Waals surface area (Å²) in [5.74, 6) is 6.30. The Kier molecular flexibility index (Phi) is 7.28. The maximum atomic E-state index is 10.7. The topological polar surface area (TPSA) is 38.7 Å². The lowest BCUT2D eigenvalue weighted by Crippen LogP contribution is -2.08. The molecule has 0 aromatic carbocycles. The van der Waals surface area contributed by atoms with E-state index in [9.17, 15) is 4.79 Å². The number of nitrogens with zero attached hydrogens (tertiary/aromatic N) is 1. The van der Waals surface area contributed by atoms with Crippen LogP contribution in [-0.4, -0.2) is 17.6 Å². The van der Waals surface area contributed by atoms with Gasteiger partial charge in [-0.1, -0.05) is 24.9 Å². The Labute approximate surface area is 98.2 Å². The van der Waals surface area contributed by atoms with Crippen LogP contribution in [-0.2, 0) is 9.63 Å². The average Bonchev–Trinajstić information content (AvgIpc) is 2.15. The molecule has 0 aromatic rings. The number of hydrogen-bond acceptors (Lipinski definition) is 3. The van der Waals surface area contributed by atoms with Crippen LogP contribution in [0.1, 0.15) is 47.5 Å². The Hall–Kier alpha value is -1.30. The third kappa shape index (κ3) is 8.05. The fourth-order valence-corrected chi connectivity index (χ4v) is 0.826. The van der Waals surface area contributed by atoms with Crippen LogP contribution in [0.5, 0.6) is 0 Å². The van der Waals surface area contributed by atoms with Gasteiger partial charge in [0.05, 0.1) is 0 Å². The van der Waals surface area contributed by atoms with Crippen LogP contribution in [0.2, 0.25) is 0 Å². The Morgan fingerprint density at radius 3 is 2.38 bits per heavy atom. The third-order valence-electron chi connectivity index (χ3n) is 1.73. The van der Waals surface area contributed by atoms with Crippen molar-refractivity contribution in [3.05, 3.63) is 0 Å². The molecule has 3 nitrogen and oxygen atoms in total. The monoisotopic (exact) mass is 223 g/mol. The van der Waals surface area contributed by atoms with Crippen LogP contribution < -0.4 is 0 Å². The predicted molar refractivity (Wildman–Crippen MR) is 66.2 cm³/mol. The Bertz CT molecular complexity index is 306. The number of rotatable bonds is 5. The largest absolute Gasteiger partial charge is 0.392 e. The van der Waals surface area contributed by atoms with Gasteiger partial charge in [-0.25, -0.2) is 0 Å². The van der Waals surface area contributed by atoms with E-state index in [0.29, 0.717) is 12.8 Å². The minimum atomic E-state index is 0.0627. The molecular weight excluding hydrogens is 202 g/mol. The van der Waals surface area contributed by atoms with Gasteiger partial charge in [-0.2, -0.15) is 0 Å². The van der Waals surface area contributed by atoms with Gasteiger partial charge in [0.1, 0.15) is 17.6 Å². The van der Waals surface area contributed by atoms with Crippen molar-refractivity contribution in [3.63, 3.8) is 0 Å². The minimum absolute atomic E-state index is 0.0627. The first kappa shape index (κ1) is 14.7. The van der Waals surface area contributed by atoms with Crippen molar-refractivity contribution in [1.29, 1.82) is 0 Å². The molecule has 16 heavy (non-hydrogen) atoms. The van der Waals surface area contributed by atoms with E-state index >= 15 is 0 Å².